The second-order valence-corrected chi connectivity index (χ2v) is 6.83. The SMILES string of the molecule is Cn1ncc(C=CC(=O)Nc2ccc(Cn3ccnc3)cc2)c1-c1ccc(F)cc1. The number of anilines is 1. The van der Waals surface area contributed by atoms with E-state index in [4.69, 9.17) is 0 Å². The average Bonchev–Trinajstić information content (AvgIpc) is 3.38. The third kappa shape index (κ3) is 4.52. The maximum absolute atomic E-state index is 13.2. The lowest BCUT2D eigenvalue weighted by Gasteiger charge is -2.06. The molecule has 0 saturated carbocycles. The van der Waals surface area contributed by atoms with Crippen LogP contribution < -0.4 is 5.32 Å². The molecule has 4 aromatic rings. The van der Waals surface area contributed by atoms with Crippen molar-refractivity contribution >= 4 is 17.7 Å². The summed E-state index contributed by atoms with van der Waals surface area (Å²) in [6.45, 7) is 0.724. The number of halogens is 1. The first kappa shape index (κ1) is 19.3. The van der Waals surface area contributed by atoms with Crippen LogP contribution in [0.4, 0.5) is 10.1 Å². The van der Waals surface area contributed by atoms with Crippen molar-refractivity contribution < 1.29 is 9.18 Å². The van der Waals surface area contributed by atoms with Gasteiger partial charge in [-0.15, -0.1) is 0 Å². The van der Waals surface area contributed by atoms with E-state index in [1.807, 2.05) is 35.0 Å². The van der Waals surface area contributed by atoms with Gasteiger partial charge in [0, 0.05) is 48.9 Å². The number of nitrogens with zero attached hydrogens (tertiary/aromatic N) is 4. The Morgan fingerprint density at radius 1 is 1.13 bits per heavy atom. The summed E-state index contributed by atoms with van der Waals surface area (Å²) in [6.07, 6.45) is 10.2. The van der Waals surface area contributed by atoms with E-state index < -0.39 is 0 Å². The molecule has 0 atom stereocenters. The van der Waals surface area contributed by atoms with E-state index in [2.05, 4.69) is 15.4 Å². The second-order valence-electron chi connectivity index (χ2n) is 6.83. The highest BCUT2D eigenvalue weighted by Crippen LogP contribution is 2.24. The first-order valence-electron chi connectivity index (χ1n) is 9.40. The maximum atomic E-state index is 13.2. The van der Waals surface area contributed by atoms with Gasteiger partial charge in [-0.1, -0.05) is 12.1 Å². The lowest BCUT2D eigenvalue weighted by Crippen LogP contribution is -2.07. The standard InChI is InChI=1S/C23H20FN5O/c1-28-23(18-4-7-20(24)8-5-18)19(14-26-28)6-11-22(30)27-21-9-2-17(3-10-21)15-29-13-12-25-16-29/h2-14,16H,15H2,1H3,(H,27,30). The van der Waals surface area contributed by atoms with E-state index in [9.17, 15) is 9.18 Å². The Hall–Kier alpha value is -4.00. The van der Waals surface area contributed by atoms with Crippen LogP contribution in [0.25, 0.3) is 17.3 Å². The minimum atomic E-state index is -0.298. The van der Waals surface area contributed by atoms with Gasteiger partial charge >= 0.3 is 0 Å². The number of benzene rings is 2. The van der Waals surface area contributed by atoms with Gasteiger partial charge in [0.15, 0.2) is 0 Å². The molecule has 0 aliphatic rings. The Morgan fingerprint density at radius 2 is 1.90 bits per heavy atom. The Balaban J connectivity index is 1.42. The van der Waals surface area contributed by atoms with Crippen molar-refractivity contribution in [3.63, 3.8) is 0 Å². The molecule has 30 heavy (non-hydrogen) atoms. The Kier molecular flexibility index (Phi) is 5.52. The number of nitrogens with one attached hydrogen (secondary N) is 1. The fourth-order valence-corrected chi connectivity index (χ4v) is 3.17. The number of imidazole rings is 1. The van der Waals surface area contributed by atoms with E-state index in [1.165, 1.54) is 18.2 Å². The number of hydrogen-bond donors (Lipinski definition) is 1. The summed E-state index contributed by atoms with van der Waals surface area (Å²) in [5.41, 5.74) is 4.23. The Morgan fingerprint density at radius 3 is 2.60 bits per heavy atom. The summed E-state index contributed by atoms with van der Waals surface area (Å²) < 4.78 is 16.9. The first-order valence-corrected chi connectivity index (χ1v) is 9.40. The summed E-state index contributed by atoms with van der Waals surface area (Å²) in [5.74, 6) is -0.542. The first-order chi connectivity index (χ1) is 14.6. The molecule has 7 heteroatoms. The average molecular weight is 401 g/mol. The van der Waals surface area contributed by atoms with E-state index >= 15 is 0 Å². The second kappa shape index (κ2) is 8.57. The molecule has 0 radical (unpaired) electrons. The third-order valence-electron chi connectivity index (χ3n) is 4.64. The Bertz CT molecular complexity index is 1160. The largest absolute Gasteiger partial charge is 0.333 e. The van der Waals surface area contributed by atoms with Gasteiger partial charge in [0.1, 0.15) is 5.82 Å². The molecule has 0 aliphatic carbocycles. The number of carbonyl (C=O) groups excluding carboxylic acids is 1. The van der Waals surface area contributed by atoms with Crippen LogP contribution in [0.5, 0.6) is 0 Å². The zero-order valence-electron chi connectivity index (χ0n) is 16.4. The topological polar surface area (TPSA) is 64.7 Å². The van der Waals surface area contributed by atoms with Crippen LogP contribution in [0.1, 0.15) is 11.1 Å². The summed E-state index contributed by atoms with van der Waals surface area (Å²) >= 11 is 0. The predicted molar refractivity (Wildman–Crippen MR) is 114 cm³/mol. The molecule has 4 rings (SSSR count). The monoisotopic (exact) mass is 401 g/mol. The quantitative estimate of drug-likeness (QED) is 0.494. The molecule has 0 fully saturated rings. The molecule has 2 aromatic carbocycles. The van der Waals surface area contributed by atoms with Crippen LogP contribution in [0.2, 0.25) is 0 Å². The van der Waals surface area contributed by atoms with Gasteiger partial charge in [-0.2, -0.15) is 5.10 Å². The molecule has 0 saturated heterocycles. The highest BCUT2D eigenvalue weighted by Gasteiger charge is 2.09. The fraction of sp³-hybridized carbons (Fsp3) is 0.0870. The lowest BCUT2D eigenvalue weighted by atomic mass is 10.1. The fourth-order valence-electron chi connectivity index (χ4n) is 3.17. The number of aromatic nitrogens is 4. The molecular formula is C23H20FN5O. The molecule has 2 heterocycles. The van der Waals surface area contributed by atoms with Gasteiger partial charge in [0.2, 0.25) is 5.91 Å². The summed E-state index contributed by atoms with van der Waals surface area (Å²) in [7, 11) is 1.81. The molecule has 2 aromatic heterocycles. The minimum Gasteiger partial charge on any atom is -0.333 e. The molecule has 0 bridgehead atoms. The molecular weight excluding hydrogens is 381 g/mol. The highest BCUT2D eigenvalue weighted by atomic mass is 19.1. The summed E-state index contributed by atoms with van der Waals surface area (Å²) in [6, 6.07) is 13.8. The summed E-state index contributed by atoms with van der Waals surface area (Å²) in [5, 5.41) is 7.10. The molecule has 0 unspecified atom stereocenters. The van der Waals surface area contributed by atoms with Crippen molar-refractivity contribution in [1.82, 2.24) is 19.3 Å². The van der Waals surface area contributed by atoms with Crippen molar-refractivity contribution in [3.05, 3.63) is 96.5 Å². The van der Waals surface area contributed by atoms with Crippen molar-refractivity contribution in [2.24, 2.45) is 7.05 Å². The van der Waals surface area contributed by atoms with Gasteiger partial charge in [-0.25, -0.2) is 9.37 Å². The number of rotatable bonds is 6. The Labute approximate surface area is 173 Å². The predicted octanol–water partition coefficient (Wildman–Crippen LogP) is 4.12. The van der Waals surface area contributed by atoms with E-state index in [0.29, 0.717) is 5.69 Å². The molecule has 0 aliphatic heterocycles. The van der Waals surface area contributed by atoms with Crippen molar-refractivity contribution in [2.75, 3.05) is 5.32 Å². The van der Waals surface area contributed by atoms with Gasteiger partial charge in [-0.05, 0) is 48.0 Å². The van der Waals surface area contributed by atoms with Gasteiger partial charge in [0.25, 0.3) is 0 Å². The van der Waals surface area contributed by atoms with Crippen LogP contribution >= 0.6 is 0 Å². The maximum Gasteiger partial charge on any atom is 0.248 e. The van der Waals surface area contributed by atoms with E-state index in [0.717, 1.165) is 28.9 Å². The lowest BCUT2D eigenvalue weighted by molar-refractivity contribution is -0.111. The van der Waals surface area contributed by atoms with Gasteiger partial charge in [-0.3, -0.25) is 9.48 Å². The number of hydrogen-bond acceptors (Lipinski definition) is 3. The normalized spacial score (nSPS) is 11.1. The molecule has 1 amide bonds. The highest BCUT2D eigenvalue weighted by molar-refractivity contribution is 6.02. The van der Waals surface area contributed by atoms with E-state index in [-0.39, 0.29) is 11.7 Å². The van der Waals surface area contributed by atoms with Crippen LogP contribution in [-0.4, -0.2) is 25.2 Å². The molecule has 6 nitrogen and oxygen atoms in total. The van der Waals surface area contributed by atoms with Gasteiger partial charge in [0.05, 0.1) is 18.2 Å². The minimum absolute atomic E-state index is 0.244. The van der Waals surface area contributed by atoms with Crippen LogP contribution in [0, 0.1) is 5.82 Å². The van der Waals surface area contributed by atoms with Crippen LogP contribution in [0.15, 0.2) is 79.5 Å². The number of aryl methyl sites for hydroxylation is 1. The number of carbonyl (C=O) groups is 1. The zero-order chi connectivity index (χ0) is 20.9. The summed E-state index contributed by atoms with van der Waals surface area (Å²) in [4.78, 5) is 16.4. The number of amides is 1. The van der Waals surface area contributed by atoms with Crippen molar-refractivity contribution in [1.29, 1.82) is 0 Å². The van der Waals surface area contributed by atoms with Crippen molar-refractivity contribution in [3.8, 4) is 11.3 Å². The zero-order valence-corrected chi connectivity index (χ0v) is 16.4. The van der Waals surface area contributed by atoms with Crippen LogP contribution in [0.3, 0.4) is 0 Å². The van der Waals surface area contributed by atoms with Crippen molar-refractivity contribution in [2.45, 2.75) is 6.54 Å². The van der Waals surface area contributed by atoms with E-state index in [1.54, 1.807) is 48.7 Å². The molecule has 1 N–H and O–H groups in total. The molecule has 0 spiro atoms. The third-order valence-corrected chi connectivity index (χ3v) is 4.64. The molecule has 150 valence electrons. The van der Waals surface area contributed by atoms with Crippen LogP contribution in [-0.2, 0) is 18.4 Å². The smallest absolute Gasteiger partial charge is 0.248 e. The van der Waals surface area contributed by atoms with Gasteiger partial charge < -0.3 is 9.88 Å².